The van der Waals surface area contributed by atoms with Crippen LogP contribution in [-0.4, -0.2) is 116 Å². The third-order valence-electron chi connectivity index (χ3n) is 12.1. The third kappa shape index (κ3) is 11.4. The van der Waals surface area contributed by atoms with Crippen molar-refractivity contribution in [3.05, 3.63) is 36.4 Å². The fraction of sp³-hybridized carbons (Fsp3) is 0.625. The van der Waals surface area contributed by atoms with Crippen LogP contribution in [0.2, 0.25) is 0 Å². The highest BCUT2D eigenvalue weighted by atomic mass is 16.6. The van der Waals surface area contributed by atoms with E-state index in [-0.39, 0.29) is 0 Å². The van der Waals surface area contributed by atoms with Gasteiger partial charge >= 0.3 is 0 Å². The van der Waals surface area contributed by atoms with Gasteiger partial charge in [-0.25, -0.2) is 0 Å². The van der Waals surface area contributed by atoms with Gasteiger partial charge in [0.1, 0.15) is 0 Å². The molecule has 6 aliphatic rings. The molecule has 0 aliphatic carbocycles. The quantitative estimate of drug-likeness (QED) is 0.0284. The third-order valence-corrected chi connectivity index (χ3v) is 12.1. The van der Waals surface area contributed by atoms with Crippen molar-refractivity contribution in [2.24, 2.45) is 0 Å². The fourth-order valence-corrected chi connectivity index (χ4v) is 8.06. The largest absolute Gasteiger partial charge is 0.490 e. The Bertz CT molecular complexity index is 1660. The van der Waals surface area contributed by atoms with Crippen molar-refractivity contribution in [3.8, 4) is 34.5 Å². The summed E-state index contributed by atoms with van der Waals surface area (Å²) >= 11 is 0. The van der Waals surface area contributed by atoms with Gasteiger partial charge in [0.2, 0.25) is 0 Å². The number of rotatable bonds is 30. The number of ether oxygens (including phenoxy) is 12. The Morgan fingerprint density at radius 2 is 0.433 bits per heavy atom. The van der Waals surface area contributed by atoms with E-state index in [1.807, 2.05) is 0 Å². The van der Waals surface area contributed by atoms with Crippen molar-refractivity contribution >= 4 is 32.3 Å². The van der Waals surface area contributed by atoms with E-state index >= 15 is 0 Å². The molecule has 4 aromatic rings. The Hall–Kier alpha value is -3.78. The van der Waals surface area contributed by atoms with Crippen molar-refractivity contribution in [2.45, 2.75) is 114 Å². The van der Waals surface area contributed by atoms with E-state index in [1.54, 1.807) is 0 Å². The van der Waals surface area contributed by atoms with Gasteiger partial charge in [0.25, 0.3) is 0 Å². The number of benzene rings is 4. The zero-order valence-electron chi connectivity index (χ0n) is 34.8. The van der Waals surface area contributed by atoms with E-state index in [0.717, 1.165) is 184 Å². The van der Waals surface area contributed by atoms with E-state index in [2.05, 4.69) is 36.4 Å². The Balaban J connectivity index is 1.05. The standard InChI is InChI=1S/C48H60O12/c1(7-31-25-55-31)13-49-43-19-37-38(20-44(43)50-14-2-8-32-26-56-32)40-22-46(52-16-4-10-34-28-58-34)48(54-18-6-12-36-30-60-36)24-42(40)41-23-47(53-17-5-11-35-29-59-35)45(21-39(37)41)51-15-3-9-33-27-57-33/h19-24,31-36H,1-18,25-30H2. The van der Waals surface area contributed by atoms with E-state index in [9.17, 15) is 0 Å². The van der Waals surface area contributed by atoms with Gasteiger partial charge < -0.3 is 56.8 Å². The molecule has 6 aliphatic heterocycles. The SMILES string of the molecule is c1c(OCCCC2CO2)c(OCCCC2CO2)cc2c1c1cc(OCCCC3CO3)c(OCCCC3CO3)cc1c1cc(OCCCC3CO3)c(OCCCC3CO3)cc21. The van der Waals surface area contributed by atoms with Crippen molar-refractivity contribution in [3.63, 3.8) is 0 Å². The maximum Gasteiger partial charge on any atom is 0.161 e. The second-order valence-corrected chi connectivity index (χ2v) is 17.2. The van der Waals surface area contributed by atoms with Crippen LogP contribution in [0.25, 0.3) is 32.3 Å². The lowest BCUT2D eigenvalue weighted by Crippen LogP contribution is -2.06. The van der Waals surface area contributed by atoms with Crippen LogP contribution in [0.1, 0.15) is 77.0 Å². The minimum absolute atomic E-state index is 0.356. The molecule has 0 amide bonds. The molecule has 12 nitrogen and oxygen atoms in total. The Labute approximate surface area is 352 Å². The van der Waals surface area contributed by atoms with Crippen LogP contribution in [-0.2, 0) is 28.4 Å². The first-order chi connectivity index (χ1) is 29.7. The summed E-state index contributed by atoms with van der Waals surface area (Å²) in [6.45, 7) is 8.50. The Kier molecular flexibility index (Phi) is 12.8. The molecule has 6 fully saturated rings. The normalized spacial score (nSPS) is 24.4. The van der Waals surface area contributed by atoms with Gasteiger partial charge in [-0.1, -0.05) is 0 Å². The van der Waals surface area contributed by atoms with Crippen LogP contribution < -0.4 is 28.4 Å². The maximum atomic E-state index is 6.59. The summed E-state index contributed by atoms with van der Waals surface area (Å²) in [5.74, 6) is 4.39. The van der Waals surface area contributed by atoms with Crippen LogP contribution >= 0.6 is 0 Å². The van der Waals surface area contributed by atoms with Gasteiger partial charge in [-0.2, -0.15) is 0 Å². The summed E-state index contributed by atoms with van der Waals surface area (Å²) in [5, 5.41) is 6.25. The number of hydrogen-bond acceptors (Lipinski definition) is 12. The zero-order valence-corrected chi connectivity index (χ0v) is 34.8. The summed E-state index contributed by atoms with van der Waals surface area (Å²) in [7, 11) is 0. The highest BCUT2D eigenvalue weighted by Gasteiger charge is 2.27. The molecule has 6 heterocycles. The van der Waals surface area contributed by atoms with Crippen molar-refractivity contribution in [2.75, 3.05) is 79.3 Å². The highest BCUT2D eigenvalue weighted by Crippen LogP contribution is 2.47. The number of fused-ring (bicyclic) bond motifs is 6. The van der Waals surface area contributed by atoms with Crippen LogP contribution in [0.5, 0.6) is 34.5 Å². The molecule has 0 bridgehead atoms. The highest BCUT2D eigenvalue weighted by molar-refractivity contribution is 6.26. The average Bonchev–Trinajstić information content (AvgIpc) is 4.05. The molecule has 324 valence electrons. The van der Waals surface area contributed by atoms with Gasteiger partial charge in [-0.15, -0.1) is 0 Å². The lowest BCUT2D eigenvalue weighted by atomic mass is 9.93. The molecule has 0 saturated carbocycles. The number of epoxide rings is 6. The van der Waals surface area contributed by atoms with E-state index < -0.39 is 0 Å². The van der Waals surface area contributed by atoms with Crippen molar-refractivity contribution in [1.29, 1.82) is 0 Å². The van der Waals surface area contributed by atoms with Crippen LogP contribution in [0.3, 0.4) is 0 Å². The second kappa shape index (κ2) is 19.1. The minimum Gasteiger partial charge on any atom is -0.490 e. The molecule has 6 atom stereocenters. The summed E-state index contributed by atoms with van der Waals surface area (Å²) in [6, 6.07) is 13.0. The monoisotopic (exact) mass is 828 g/mol. The molecule has 4 aromatic carbocycles. The fourth-order valence-electron chi connectivity index (χ4n) is 8.06. The Morgan fingerprint density at radius 3 is 0.567 bits per heavy atom. The molecule has 0 radical (unpaired) electrons. The van der Waals surface area contributed by atoms with Crippen LogP contribution in [0.15, 0.2) is 36.4 Å². The topological polar surface area (TPSA) is 131 Å². The van der Waals surface area contributed by atoms with Gasteiger partial charge in [-0.05, 0) is 146 Å². The smallest absolute Gasteiger partial charge is 0.161 e. The van der Waals surface area contributed by atoms with Gasteiger partial charge in [0.05, 0.1) is 116 Å². The summed E-state index contributed by atoms with van der Waals surface area (Å²) in [5.41, 5.74) is 0. The first-order valence-electron chi connectivity index (χ1n) is 22.7. The molecule has 60 heavy (non-hydrogen) atoms. The molecule has 6 saturated heterocycles. The maximum absolute atomic E-state index is 6.59. The Morgan fingerprint density at radius 1 is 0.283 bits per heavy atom. The second-order valence-electron chi connectivity index (χ2n) is 17.2. The van der Waals surface area contributed by atoms with Gasteiger partial charge in [0, 0.05) is 0 Å². The predicted octanol–water partition coefficient (Wildman–Crippen LogP) is 8.49. The predicted molar refractivity (Wildman–Crippen MR) is 226 cm³/mol. The average molecular weight is 829 g/mol. The summed E-state index contributed by atoms with van der Waals surface area (Å²) < 4.78 is 72.4. The molecular formula is C48H60O12. The molecule has 6 unspecified atom stereocenters. The first-order valence-corrected chi connectivity index (χ1v) is 22.7. The number of hydrogen-bond donors (Lipinski definition) is 0. The summed E-state index contributed by atoms with van der Waals surface area (Å²) in [6.07, 6.45) is 13.5. The lowest BCUT2D eigenvalue weighted by molar-refractivity contribution is 0.253. The van der Waals surface area contributed by atoms with E-state index in [0.29, 0.717) is 76.3 Å². The van der Waals surface area contributed by atoms with Crippen molar-refractivity contribution in [1.82, 2.24) is 0 Å². The van der Waals surface area contributed by atoms with Gasteiger partial charge in [0.15, 0.2) is 34.5 Å². The van der Waals surface area contributed by atoms with Crippen LogP contribution in [0, 0.1) is 0 Å². The molecule has 0 aromatic heterocycles. The molecule has 10 rings (SSSR count). The zero-order chi connectivity index (χ0) is 40.1. The molecule has 0 spiro atoms. The van der Waals surface area contributed by atoms with Gasteiger partial charge in [-0.3, -0.25) is 0 Å². The van der Waals surface area contributed by atoms with Crippen molar-refractivity contribution < 1.29 is 56.8 Å². The van der Waals surface area contributed by atoms with Crippen LogP contribution in [0.4, 0.5) is 0 Å². The molecular weight excluding hydrogens is 769 g/mol. The first kappa shape index (κ1) is 40.3. The molecule has 12 heteroatoms. The lowest BCUT2D eigenvalue weighted by Gasteiger charge is -2.20. The van der Waals surface area contributed by atoms with E-state index in [1.165, 1.54) is 0 Å². The molecule has 0 N–H and O–H groups in total. The summed E-state index contributed by atoms with van der Waals surface area (Å²) in [4.78, 5) is 0. The van der Waals surface area contributed by atoms with E-state index in [4.69, 9.17) is 56.8 Å². The minimum atomic E-state index is 0.356.